The van der Waals surface area contributed by atoms with Gasteiger partial charge < -0.3 is 15.5 Å². The minimum atomic E-state index is -0.230. The van der Waals surface area contributed by atoms with Crippen LogP contribution in [0.3, 0.4) is 0 Å². The Labute approximate surface area is 142 Å². The van der Waals surface area contributed by atoms with Crippen LogP contribution in [0.5, 0.6) is 0 Å². The molecule has 0 unspecified atom stereocenters. The minimum absolute atomic E-state index is 0.230. The molecule has 0 bridgehead atoms. The predicted molar refractivity (Wildman–Crippen MR) is 96.7 cm³/mol. The first-order valence-corrected chi connectivity index (χ1v) is 7.94. The summed E-state index contributed by atoms with van der Waals surface area (Å²) >= 11 is 5.32. The normalized spacial score (nSPS) is 12.0. The molecule has 0 saturated heterocycles. The number of hydrogen-bond acceptors (Lipinski definition) is 2. The monoisotopic (exact) mass is 331 g/mol. The number of nitrogens with one attached hydrogen (secondary N) is 2. The molecule has 0 aromatic heterocycles. The second-order valence-corrected chi connectivity index (χ2v) is 5.99. The highest BCUT2D eigenvalue weighted by molar-refractivity contribution is 7.80. The summed E-state index contributed by atoms with van der Waals surface area (Å²) in [5, 5.41) is 6.99. The number of hydrogen-bond donors (Lipinski definition) is 2. The molecule has 5 heteroatoms. The van der Waals surface area contributed by atoms with Crippen molar-refractivity contribution in [3.05, 3.63) is 71.5 Å². The maximum absolute atomic E-state index is 12.9. The molecule has 0 saturated carbocycles. The van der Waals surface area contributed by atoms with Crippen LogP contribution in [0.2, 0.25) is 0 Å². The molecular formula is C18H22FN3S. The van der Waals surface area contributed by atoms with Gasteiger partial charge in [0.1, 0.15) is 5.82 Å². The third kappa shape index (κ3) is 5.62. The molecule has 2 aromatic rings. The highest BCUT2D eigenvalue weighted by atomic mass is 32.1. The van der Waals surface area contributed by atoms with E-state index in [1.807, 2.05) is 32.3 Å². The van der Waals surface area contributed by atoms with Crippen molar-refractivity contribution >= 4 is 17.3 Å². The fraction of sp³-hybridized carbons (Fsp3) is 0.278. The second-order valence-electron chi connectivity index (χ2n) is 5.58. The van der Waals surface area contributed by atoms with Gasteiger partial charge >= 0.3 is 0 Å². The van der Waals surface area contributed by atoms with Crippen LogP contribution in [0.15, 0.2) is 54.6 Å². The van der Waals surface area contributed by atoms with Gasteiger partial charge in [-0.15, -0.1) is 0 Å². The van der Waals surface area contributed by atoms with Crippen LogP contribution >= 0.6 is 12.2 Å². The molecule has 0 spiro atoms. The zero-order chi connectivity index (χ0) is 16.7. The molecule has 0 radical (unpaired) electrons. The standard InChI is InChI=1S/C18H22FN3S/c1-22(2)17(15-6-4-3-5-7-15)13-21-18(23)20-12-14-8-10-16(19)11-9-14/h3-11,17H,12-13H2,1-2H3,(H2,20,21,23)/t17-/m1/s1. The lowest BCUT2D eigenvalue weighted by atomic mass is 10.1. The lowest BCUT2D eigenvalue weighted by Gasteiger charge is -2.25. The van der Waals surface area contributed by atoms with Crippen LogP contribution in [0.4, 0.5) is 4.39 Å². The smallest absolute Gasteiger partial charge is 0.166 e. The quantitative estimate of drug-likeness (QED) is 0.796. The summed E-state index contributed by atoms with van der Waals surface area (Å²) < 4.78 is 12.9. The third-order valence-corrected chi connectivity index (χ3v) is 3.92. The number of rotatable bonds is 6. The summed E-state index contributed by atoms with van der Waals surface area (Å²) in [5.74, 6) is -0.230. The molecule has 122 valence electrons. The molecule has 0 heterocycles. The minimum Gasteiger partial charge on any atom is -0.361 e. The molecule has 3 nitrogen and oxygen atoms in total. The molecule has 0 fully saturated rings. The van der Waals surface area contributed by atoms with Crippen LogP contribution in [0, 0.1) is 5.82 Å². The Morgan fingerprint density at radius 2 is 1.70 bits per heavy atom. The van der Waals surface area contributed by atoms with Crippen molar-refractivity contribution in [2.75, 3.05) is 20.6 Å². The van der Waals surface area contributed by atoms with E-state index < -0.39 is 0 Å². The number of halogens is 1. The van der Waals surface area contributed by atoms with Gasteiger partial charge in [-0.25, -0.2) is 4.39 Å². The zero-order valence-corrected chi connectivity index (χ0v) is 14.2. The van der Waals surface area contributed by atoms with Gasteiger partial charge in [0, 0.05) is 13.1 Å². The van der Waals surface area contributed by atoms with E-state index in [0.717, 1.165) is 5.56 Å². The zero-order valence-electron chi connectivity index (χ0n) is 13.4. The van der Waals surface area contributed by atoms with Crippen LogP contribution in [-0.4, -0.2) is 30.7 Å². The summed E-state index contributed by atoms with van der Waals surface area (Å²) in [6.07, 6.45) is 0. The molecular weight excluding hydrogens is 309 g/mol. The van der Waals surface area contributed by atoms with Gasteiger partial charge in [0.2, 0.25) is 0 Å². The summed E-state index contributed by atoms with van der Waals surface area (Å²) in [7, 11) is 4.10. The molecule has 23 heavy (non-hydrogen) atoms. The van der Waals surface area contributed by atoms with Crippen LogP contribution in [-0.2, 0) is 6.54 Å². The van der Waals surface area contributed by atoms with Crippen molar-refractivity contribution in [2.45, 2.75) is 12.6 Å². The van der Waals surface area contributed by atoms with E-state index in [1.165, 1.54) is 17.7 Å². The van der Waals surface area contributed by atoms with Crippen molar-refractivity contribution < 1.29 is 4.39 Å². The van der Waals surface area contributed by atoms with Gasteiger partial charge in [0.05, 0.1) is 6.04 Å². The highest BCUT2D eigenvalue weighted by Gasteiger charge is 2.13. The van der Waals surface area contributed by atoms with Crippen molar-refractivity contribution in [1.82, 2.24) is 15.5 Å². The maximum atomic E-state index is 12.9. The fourth-order valence-corrected chi connectivity index (χ4v) is 2.47. The first-order chi connectivity index (χ1) is 11.1. The summed E-state index contributed by atoms with van der Waals surface area (Å²) in [6, 6.07) is 16.9. The number of nitrogens with zero attached hydrogens (tertiary/aromatic N) is 1. The van der Waals surface area contributed by atoms with Gasteiger partial charge in [-0.3, -0.25) is 0 Å². The Morgan fingerprint density at radius 3 is 2.30 bits per heavy atom. The fourth-order valence-electron chi connectivity index (χ4n) is 2.31. The van der Waals surface area contributed by atoms with Crippen molar-refractivity contribution in [3.8, 4) is 0 Å². The Kier molecular flexibility index (Phi) is 6.50. The molecule has 0 aliphatic heterocycles. The predicted octanol–water partition coefficient (Wildman–Crippen LogP) is 3.09. The lowest BCUT2D eigenvalue weighted by Crippen LogP contribution is -2.40. The van der Waals surface area contributed by atoms with Gasteiger partial charge in [-0.1, -0.05) is 42.5 Å². The number of thiocarbonyl (C=S) groups is 1. The topological polar surface area (TPSA) is 27.3 Å². The highest BCUT2D eigenvalue weighted by Crippen LogP contribution is 2.16. The van der Waals surface area contributed by atoms with E-state index in [-0.39, 0.29) is 11.9 Å². The van der Waals surface area contributed by atoms with Crippen LogP contribution in [0.25, 0.3) is 0 Å². The Hall–Kier alpha value is -1.98. The average Bonchev–Trinajstić information content (AvgIpc) is 2.55. The van der Waals surface area contributed by atoms with Gasteiger partial charge in [0.15, 0.2) is 5.11 Å². The number of likely N-dealkylation sites (N-methyl/N-ethyl adjacent to an activating group) is 1. The second kappa shape index (κ2) is 8.60. The van der Waals surface area contributed by atoms with E-state index >= 15 is 0 Å². The molecule has 2 aromatic carbocycles. The molecule has 1 atom stereocenters. The van der Waals surface area contributed by atoms with Crippen LogP contribution in [0.1, 0.15) is 17.2 Å². The SMILES string of the molecule is CN(C)[C@H](CNC(=S)NCc1ccc(F)cc1)c1ccccc1. The van der Waals surface area contributed by atoms with E-state index in [2.05, 4.69) is 27.7 Å². The molecule has 2 rings (SSSR count). The third-order valence-electron chi connectivity index (χ3n) is 3.63. The van der Waals surface area contributed by atoms with E-state index in [1.54, 1.807) is 12.1 Å². The average molecular weight is 331 g/mol. The van der Waals surface area contributed by atoms with E-state index in [9.17, 15) is 4.39 Å². The van der Waals surface area contributed by atoms with Gasteiger partial charge in [-0.2, -0.15) is 0 Å². The van der Waals surface area contributed by atoms with E-state index in [4.69, 9.17) is 12.2 Å². The summed E-state index contributed by atoms with van der Waals surface area (Å²) in [4.78, 5) is 2.16. The van der Waals surface area contributed by atoms with E-state index in [0.29, 0.717) is 18.2 Å². The van der Waals surface area contributed by atoms with Gasteiger partial charge in [-0.05, 0) is 49.6 Å². The van der Waals surface area contributed by atoms with Gasteiger partial charge in [0.25, 0.3) is 0 Å². The first-order valence-electron chi connectivity index (χ1n) is 7.54. The Morgan fingerprint density at radius 1 is 1.04 bits per heavy atom. The summed E-state index contributed by atoms with van der Waals surface area (Å²) in [6.45, 7) is 1.29. The molecule has 0 amide bonds. The Bertz CT molecular complexity index is 614. The Balaban J connectivity index is 1.83. The summed E-state index contributed by atoms with van der Waals surface area (Å²) in [5.41, 5.74) is 2.23. The lowest BCUT2D eigenvalue weighted by molar-refractivity contribution is 0.298. The first kappa shape index (κ1) is 17.4. The maximum Gasteiger partial charge on any atom is 0.166 e. The van der Waals surface area contributed by atoms with Crippen molar-refractivity contribution in [2.24, 2.45) is 0 Å². The largest absolute Gasteiger partial charge is 0.361 e. The number of benzene rings is 2. The molecule has 0 aliphatic carbocycles. The molecule has 0 aliphatic rings. The van der Waals surface area contributed by atoms with Crippen LogP contribution < -0.4 is 10.6 Å². The molecule has 2 N–H and O–H groups in total. The van der Waals surface area contributed by atoms with Crippen molar-refractivity contribution in [1.29, 1.82) is 0 Å². The van der Waals surface area contributed by atoms with Crippen molar-refractivity contribution in [3.63, 3.8) is 0 Å².